The van der Waals surface area contributed by atoms with Crippen molar-refractivity contribution in [3.8, 4) is 29.1 Å². The van der Waals surface area contributed by atoms with Gasteiger partial charge in [-0.25, -0.2) is 0 Å². The third-order valence-corrected chi connectivity index (χ3v) is 9.92. The predicted molar refractivity (Wildman–Crippen MR) is 191 cm³/mol. The molecule has 2 aromatic carbocycles. The van der Waals surface area contributed by atoms with Gasteiger partial charge in [-0.2, -0.15) is 0 Å². The van der Waals surface area contributed by atoms with Gasteiger partial charge in [0.1, 0.15) is 23.4 Å². The number of hydrogen-bond donors (Lipinski definition) is 1. The molecular weight excluding hydrogens is 572 g/mol. The van der Waals surface area contributed by atoms with Gasteiger partial charge >= 0.3 is 0 Å². The Morgan fingerprint density at radius 2 is 1.74 bits per heavy atom. The second kappa shape index (κ2) is 17.8. The minimum Gasteiger partial charge on any atom is -0.493 e. The molecule has 2 aromatic rings. The van der Waals surface area contributed by atoms with Gasteiger partial charge in [-0.3, -0.25) is 0 Å². The van der Waals surface area contributed by atoms with Crippen molar-refractivity contribution in [2.24, 2.45) is 11.8 Å². The minimum absolute atomic E-state index is 0.0628. The van der Waals surface area contributed by atoms with Crippen LogP contribution in [0.3, 0.4) is 0 Å². The van der Waals surface area contributed by atoms with Crippen LogP contribution in [0.25, 0.3) is 0 Å². The summed E-state index contributed by atoms with van der Waals surface area (Å²) in [4.78, 5) is 4.90. The van der Waals surface area contributed by atoms with Crippen molar-refractivity contribution >= 4 is 5.69 Å². The number of anilines is 1. The topological polar surface area (TPSA) is 46.2 Å². The number of hydrogen-bond acceptors (Lipinski definition) is 6. The first-order chi connectivity index (χ1) is 22.2. The van der Waals surface area contributed by atoms with Crippen LogP contribution in [0.4, 0.5) is 5.69 Å². The number of nitrogens with one attached hydrogen (secondary N) is 1. The molecule has 2 aliphatic rings. The molecule has 2 saturated heterocycles. The monoisotopic (exact) mass is 633 g/mol. The van der Waals surface area contributed by atoms with E-state index in [4.69, 9.17) is 14.2 Å². The van der Waals surface area contributed by atoms with Crippen molar-refractivity contribution in [2.75, 3.05) is 86.0 Å². The lowest BCUT2D eigenvalue weighted by molar-refractivity contribution is -0.898. The van der Waals surface area contributed by atoms with Gasteiger partial charge in [0, 0.05) is 50.9 Å². The normalized spacial score (nSPS) is 22.7. The number of nitrogens with zero attached hydrogens (tertiary/aromatic N) is 3. The zero-order valence-electron chi connectivity index (χ0n) is 29.8. The van der Waals surface area contributed by atoms with Crippen LogP contribution >= 0.6 is 0 Å². The van der Waals surface area contributed by atoms with Crippen LogP contribution in [0, 0.1) is 23.7 Å². The molecular formula is C39H61N4O3+. The molecule has 5 atom stereocenters. The first kappa shape index (κ1) is 35.9. The third-order valence-electron chi connectivity index (χ3n) is 9.92. The smallest absolute Gasteiger partial charge is 0.147 e. The number of likely N-dealkylation sites (N-methyl/N-ethyl adjacent to an activating group) is 2. The lowest BCUT2D eigenvalue weighted by Gasteiger charge is -2.30. The van der Waals surface area contributed by atoms with E-state index in [1.165, 1.54) is 25.9 Å². The summed E-state index contributed by atoms with van der Waals surface area (Å²) in [6.45, 7) is 14.9. The molecule has 2 fully saturated rings. The van der Waals surface area contributed by atoms with E-state index >= 15 is 0 Å². The molecule has 254 valence electrons. The van der Waals surface area contributed by atoms with Gasteiger partial charge in [-0.1, -0.05) is 44.7 Å². The van der Waals surface area contributed by atoms with Crippen LogP contribution < -0.4 is 19.5 Å². The number of quaternary nitrogens is 1. The zero-order valence-corrected chi connectivity index (χ0v) is 29.8. The SMILES string of the molecule is CCC(C)C#CC1CCN(CCCOc2ccc(NC)c(OC(CC)c3ccc(OCCC[N+]4(C)CCC(N(C)C)C4)cc3)c2)C1. The molecule has 0 saturated carbocycles. The zero-order chi connectivity index (χ0) is 32.9. The summed E-state index contributed by atoms with van der Waals surface area (Å²) in [6.07, 6.45) is 6.45. The molecule has 0 spiro atoms. The Bertz CT molecular complexity index is 1260. The van der Waals surface area contributed by atoms with Gasteiger partial charge in [0.15, 0.2) is 0 Å². The fraction of sp³-hybridized carbons (Fsp3) is 0.641. The molecule has 0 aliphatic carbocycles. The van der Waals surface area contributed by atoms with Crippen molar-refractivity contribution in [1.29, 1.82) is 0 Å². The summed E-state index contributed by atoms with van der Waals surface area (Å²) < 4.78 is 20.0. The van der Waals surface area contributed by atoms with Crippen LogP contribution in [-0.2, 0) is 0 Å². The fourth-order valence-electron chi connectivity index (χ4n) is 6.62. The minimum atomic E-state index is -0.0628. The van der Waals surface area contributed by atoms with Gasteiger partial charge in [-0.15, -0.1) is 0 Å². The Balaban J connectivity index is 1.22. The highest BCUT2D eigenvalue weighted by Gasteiger charge is 2.35. The number of benzene rings is 2. The highest BCUT2D eigenvalue weighted by molar-refractivity contribution is 5.59. The molecule has 0 aromatic heterocycles. The standard InChI is InChI=1S/C39H61N4O3/c1-8-31(3)12-13-32-20-23-42(29-32)22-10-26-45-36-18-19-37(40-4)39(28-36)46-38(9-2)33-14-16-35(17-15-33)44-27-11-24-43(7)25-21-34(30-43)41(5)6/h14-19,28,31-32,34,38,40H,8-11,20-27,29-30H2,1-7H3/q+1. The van der Waals surface area contributed by atoms with Crippen molar-refractivity contribution < 1.29 is 18.7 Å². The van der Waals surface area contributed by atoms with Gasteiger partial charge in [0.05, 0.1) is 51.6 Å². The number of likely N-dealkylation sites (tertiary alicyclic amines) is 2. The fourth-order valence-corrected chi connectivity index (χ4v) is 6.62. The van der Waals surface area contributed by atoms with Gasteiger partial charge < -0.3 is 33.8 Å². The Hall–Kier alpha value is -2.92. The maximum Gasteiger partial charge on any atom is 0.147 e. The summed E-state index contributed by atoms with van der Waals surface area (Å²) in [5.41, 5.74) is 2.10. The van der Waals surface area contributed by atoms with Gasteiger partial charge in [0.2, 0.25) is 0 Å². The summed E-state index contributed by atoms with van der Waals surface area (Å²) in [6, 6.07) is 15.2. The van der Waals surface area contributed by atoms with E-state index in [0.29, 0.717) is 24.5 Å². The molecule has 0 amide bonds. The van der Waals surface area contributed by atoms with Crippen LogP contribution in [-0.4, -0.2) is 101 Å². The summed E-state index contributed by atoms with van der Waals surface area (Å²) in [5, 5.41) is 3.28. The first-order valence-electron chi connectivity index (χ1n) is 17.8. The second-order valence-electron chi connectivity index (χ2n) is 13.9. The molecule has 7 nitrogen and oxygen atoms in total. The van der Waals surface area contributed by atoms with E-state index in [9.17, 15) is 0 Å². The summed E-state index contributed by atoms with van der Waals surface area (Å²) in [5.74, 6) is 10.5. The Morgan fingerprint density at radius 1 is 1.00 bits per heavy atom. The summed E-state index contributed by atoms with van der Waals surface area (Å²) in [7, 11) is 8.72. The molecule has 1 N–H and O–H groups in total. The Morgan fingerprint density at radius 3 is 2.43 bits per heavy atom. The van der Waals surface area contributed by atoms with Crippen molar-refractivity contribution in [3.63, 3.8) is 0 Å². The van der Waals surface area contributed by atoms with Gasteiger partial charge in [-0.05, 0) is 76.2 Å². The second-order valence-corrected chi connectivity index (χ2v) is 13.9. The number of rotatable bonds is 17. The molecule has 0 radical (unpaired) electrons. The Kier molecular flexibility index (Phi) is 13.9. The molecule has 2 heterocycles. The largest absolute Gasteiger partial charge is 0.493 e. The van der Waals surface area contributed by atoms with E-state index in [2.05, 4.69) is 93.1 Å². The van der Waals surface area contributed by atoms with E-state index in [1.807, 2.05) is 25.2 Å². The number of ether oxygens (including phenoxy) is 3. The summed E-state index contributed by atoms with van der Waals surface area (Å²) >= 11 is 0. The van der Waals surface area contributed by atoms with Crippen molar-refractivity contribution in [3.05, 3.63) is 48.0 Å². The highest BCUT2D eigenvalue weighted by atomic mass is 16.5. The lowest BCUT2D eigenvalue weighted by atomic mass is 10.1. The molecule has 5 unspecified atom stereocenters. The molecule has 0 bridgehead atoms. The van der Waals surface area contributed by atoms with Crippen LogP contribution in [0.2, 0.25) is 0 Å². The first-order valence-corrected chi connectivity index (χ1v) is 17.8. The van der Waals surface area contributed by atoms with Crippen LogP contribution in [0.1, 0.15) is 71.0 Å². The molecule has 4 rings (SSSR count). The van der Waals surface area contributed by atoms with E-state index in [-0.39, 0.29) is 6.10 Å². The average molecular weight is 634 g/mol. The third kappa shape index (κ3) is 10.8. The maximum atomic E-state index is 6.58. The molecule has 46 heavy (non-hydrogen) atoms. The lowest BCUT2D eigenvalue weighted by Crippen LogP contribution is -2.45. The molecule has 2 aliphatic heterocycles. The highest BCUT2D eigenvalue weighted by Crippen LogP contribution is 2.34. The maximum absolute atomic E-state index is 6.58. The van der Waals surface area contributed by atoms with E-state index in [0.717, 1.165) is 91.5 Å². The van der Waals surface area contributed by atoms with Crippen molar-refractivity contribution in [1.82, 2.24) is 9.80 Å². The van der Waals surface area contributed by atoms with Crippen molar-refractivity contribution in [2.45, 2.75) is 71.4 Å². The van der Waals surface area contributed by atoms with E-state index < -0.39 is 0 Å². The predicted octanol–water partition coefficient (Wildman–Crippen LogP) is 6.95. The Labute approximate surface area is 280 Å². The van der Waals surface area contributed by atoms with E-state index in [1.54, 1.807) is 0 Å². The quantitative estimate of drug-likeness (QED) is 0.116. The molecule has 7 heteroatoms. The average Bonchev–Trinajstić information content (AvgIpc) is 3.70. The van der Waals surface area contributed by atoms with Crippen LogP contribution in [0.5, 0.6) is 17.2 Å². The van der Waals surface area contributed by atoms with Crippen LogP contribution in [0.15, 0.2) is 42.5 Å². The van der Waals surface area contributed by atoms with Gasteiger partial charge in [0.25, 0.3) is 0 Å².